The summed E-state index contributed by atoms with van der Waals surface area (Å²) < 4.78 is 10.4. The van der Waals surface area contributed by atoms with E-state index in [1.54, 1.807) is 14.2 Å². The number of benzene rings is 1. The summed E-state index contributed by atoms with van der Waals surface area (Å²) in [6.07, 6.45) is 2.79. The van der Waals surface area contributed by atoms with Crippen LogP contribution in [0.25, 0.3) is 0 Å². The van der Waals surface area contributed by atoms with Gasteiger partial charge in [0.1, 0.15) is 11.5 Å². The molecule has 0 atom stereocenters. The van der Waals surface area contributed by atoms with Crippen LogP contribution in [0.1, 0.15) is 25.7 Å². The highest BCUT2D eigenvalue weighted by atomic mass is 16.5. The van der Waals surface area contributed by atoms with Crippen LogP contribution in [-0.4, -0.2) is 31.8 Å². The molecular formula is C14H21NO4. The van der Waals surface area contributed by atoms with Crippen molar-refractivity contribution in [2.24, 2.45) is 0 Å². The summed E-state index contributed by atoms with van der Waals surface area (Å²) in [5, 5.41) is 11.8. The molecule has 0 aliphatic rings. The maximum absolute atomic E-state index is 10.4. The fraction of sp³-hybridized carbons (Fsp3) is 0.500. The second kappa shape index (κ2) is 8.24. The van der Waals surface area contributed by atoms with Crippen molar-refractivity contribution in [2.75, 3.05) is 26.1 Å². The number of hydrogen-bond acceptors (Lipinski definition) is 4. The first-order valence-corrected chi connectivity index (χ1v) is 6.35. The van der Waals surface area contributed by atoms with Gasteiger partial charge in [-0.15, -0.1) is 0 Å². The number of methoxy groups -OCH3 is 2. The zero-order chi connectivity index (χ0) is 14.1. The van der Waals surface area contributed by atoms with Crippen LogP contribution in [-0.2, 0) is 4.79 Å². The summed E-state index contributed by atoms with van der Waals surface area (Å²) in [4.78, 5) is 10.4. The number of anilines is 1. The SMILES string of the molecule is COc1ccc(NCCCCCC(=O)O)c(OC)c1. The molecule has 19 heavy (non-hydrogen) atoms. The van der Waals surface area contributed by atoms with Gasteiger partial charge in [-0.3, -0.25) is 4.79 Å². The molecule has 0 radical (unpaired) electrons. The van der Waals surface area contributed by atoms with Crippen molar-refractivity contribution in [2.45, 2.75) is 25.7 Å². The number of carboxylic acids is 1. The maximum atomic E-state index is 10.4. The predicted octanol–water partition coefficient (Wildman–Crippen LogP) is 2.76. The molecule has 0 amide bonds. The molecule has 0 bridgehead atoms. The number of unbranched alkanes of at least 4 members (excludes halogenated alkanes) is 2. The van der Waals surface area contributed by atoms with Crippen LogP contribution < -0.4 is 14.8 Å². The minimum Gasteiger partial charge on any atom is -0.497 e. The molecule has 0 unspecified atom stereocenters. The molecule has 1 aromatic rings. The smallest absolute Gasteiger partial charge is 0.303 e. The van der Waals surface area contributed by atoms with Crippen LogP contribution in [0.5, 0.6) is 11.5 Å². The highest BCUT2D eigenvalue weighted by Crippen LogP contribution is 2.28. The first-order chi connectivity index (χ1) is 9.17. The topological polar surface area (TPSA) is 67.8 Å². The number of rotatable bonds is 9. The Labute approximate surface area is 113 Å². The fourth-order valence-corrected chi connectivity index (χ4v) is 1.75. The van der Waals surface area contributed by atoms with Crippen LogP contribution in [0.15, 0.2) is 18.2 Å². The molecule has 2 N–H and O–H groups in total. The van der Waals surface area contributed by atoms with E-state index in [9.17, 15) is 4.79 Å². The minimum absolute atomic E-state index is 0.242. The van der Waals surface area contributed by atoms with Gasteiger partial charge in [-0.25, -0.2) is 0 Å². The number of hydrogen-bond donors (Lipinski definition) is 2. The van der Waals surface area contributed by atoms with Gasteiger partial charge in [0.15, 0.2) is 0 Å². The quantitative estimate of drug-likeness (QED) is 0.673. The van der Waals surface area contributed by atoms with Crippen molar-refractivity contribution in [3.05, 3.63) is 18.2 Å². The normalized spacial score (nSPS) is 10.0. The third-order valence-electron chi connectivity index (χ3n) is 2.79. The van der Waals surface area contributed by atoms with E-state index in [2.05, 4.69) is 5.32 Å². The van der Waals surface area contributed by atoms with Crippen LogP contribution in [0, 0.1) is 0 Å². The second-order valence-corrected chi connectivity index (χ2v) is 4.20. The van der Waals surface area contributed by atoms with Gasteiger partial charge in [0.05, 0.1) is 19.9 Å². The highest BCUT2D eigenvalue weighted by Gasteiger charge is 2.04. The van der Waals surface area contributed by atoms with Gasteiger partial charge in [0.25, 0.3) is 0 Å². The molecule has 5 nitrogen and oxygen atoms in total. The van der Waals surface area contributed by atoms with E-state index in [1.807, 2.05) is 18.2 Å². The fourth-order valence-electron chi connectivity index (χ4n) is 1.75. The number of carbonyl (C=O) groups is 1. The predicted molar refractivity (Wildman–Crippen MR) is 74.1 cm³/mol. The lowest BCUT2D eigenvalue weighted by Gasteiger charge is -2.12. The molecule has 0 fully saturated rings. The van der Waals surface area contributed by atoms with Gasteiger partial charge < -0.3 is 19.9 Å². The Morgan fingerprint density at radius 2 is 2.00 bits per heavy atom. The average molecular weight is 267 g/mol. The average Bonchev–Trinajstić information content (AvgIpc) is 2.42. The minimum atomic E-state index is -0.732. The van der Waals surface area contributed by atoms with E-state index >= 15 is 0 Å². The summed E-state index contributed by atoms with van der Waals surface area (Å²) in [7, 11) is 3.23. The third-order valence-corrected chi connectivity index (χ3v) is 2.79. The van der Waals surface area contributed by atoms with Crippen LogP contribution in [0.4, 0.5) is 5.69 Å². The van der Waals surface area contributed by atoms with Crippen molar-refractivity contribution >= 4 is 11.7 Å². The maximum Gasteiger partial charge on any atom is 0.303 e. The molecule has 106 valence electrons. The molecule has 0 saturated heterocycles. The van der Waals surface area contributed by atoms with Gasteiger partial charge in [0, 0.05) is 19.0 Å². The first-order valence-electron chi connectivity index (χ1n) is 6.35. The first kappa shape index (κ1) is 15.1. The lowest BCUT2D eigenvalue weighted by Crippen LogP contribution is -2.04. The highest BCUT2D eigenvalue weighted by molar-refractivity contribution is 5.66. The molecule has 0 spiro atoms. The molecule has 0 aromatic heterocycles. The molecular weight excluding hydrogens is 246 g/mol. The molecule has 0 saturated carbocycles. The number of carboxylic acid groups (broad SMARTS) is 1. The van der Waals surface area contributed by atoms with Crippen molar-refractivity contribution in [1.82, 2.24) is 0 Å². The Bertz CT molecular complexity index is 406. The number of ether oxygens (including phenoxy) is 2. The van der Waals surface area contributed by atoms with Gasteiger partial charge in [-0.2, -0.15) is 0 Å². The zero-order valence-electron chi connectivity index (χ0n) is 11.4. The number of aliphatic carboxylic acids is 1. The van der Waals surface area contributed by atoms with E-state index in [0.29, 0.717) is 0 Å². The van der Waals surface area contributed by atoms with Gasteiger partial charge >= 0.3 is 5.97 Å². The Morgan fingerprint density at radius 3 is 2.63 bits per heavy atom. The Morgan fingerprint density at radius 1 is 1.21 bits per heavy atom. The van der Waals surface area contributed by atoms with Crippen molar-refractivity contribution < 1.29 is 19.4 Å². The molecule has 0 aliphatic heterocycles. The summed E-state index contributed by atoms with van der Waals surface area (Å²) in [5.74, 6) is 0.763. The lowest BCUT2D eigenvalue weighted by atomic mass is 10.2. The largest absolute Gasteiger partial charge is 0.497 e. The molecule has 0 heterocycles. The summed E-state index contributed by atoms with van der Waals surface area (Å²) in [6.45, 7) is 0.794. The Balaban J connectivity index is 2.34. The third kappa shape index (κ3) is 5.50. The van der Waals surface area contributed by atoms with Gasteiger partial charge in [-0.1, -0.05) is 6.42 Å². The summed E-state index contributed by atoms with van der Waals surface area (Å²) in [5.41, 5.74) is 0.918. The van der Waals surface area contributed by atoms with E-state index in [0.717, 1.165) is 43.0 Å². The second-order valence-electron chi connectivity index (χ2n) is 4.20. The van der Waals surface area contributed by atoms with Crippen molar-refractivity contribution in [3.63, 3.8) is 0 Å². The van der Waals surface area contributed by atoms with E-state index in [-0.39, 0.29) is 6.42 Å². The molecule has 1 aromatic carbocycles. The van der Waals surface area contributed by atoms with Crippen LogP contribution >= 0.6 is 0 Å². The van der Waals surface area contributed by atoms with Crippen LogP contribution in [0.2, 0.25) is 0 Å². The lowest BCUT2D eigenvalue weighted by molar-refractivity contribution is -0.137. The molecule has 1 rings (SSSR count). The standard InChI is InChI=1S/C14H21NO4/c1-18-11-7-8-12(13(10-11)19-2)15-9-5-3-4-6-14(16)17/h7-8,10,15H,3-6,9H2,1-2H3,(H,16,17). The monoisotopic (exact) mass is 267 g/mol. The Kier molecular flexibility index (Phi) is 6.57. The van der Waals surface area contributed by atoms with Crippen molar-refractivity contribution in [1.29, 1.82) is 0 Å². The van der Waals surface area contributed by atoms with E-state index < -0.39 is 5.97 Å². The van der Waals surface area contributed by atoms with E-state index in [1.165, 1.54) is 0 Å². The molecule has 0 aliphatic carbocycles. The van der Waals surface area contributed by atoms with Crippen LogP contribution in [0.3, 0.4) is 0 Å². The summed E-state index contributed by atoms with van der Waals surface area (Å²) in [6, 6.07) is 5.61. The summed E-state index contributed by atoms with van der Waals surface area (Å²) >= 11 is 0. The van der Waals surface area contributed by atoms with Crippen molar-refractivity contribution in [3.8, 4) is 11.5 Å². The van der Waals surface area contributed by atoms with Gasteiger partial charge in [0.2, 0.25) is 0 Å². The van der Waals surface area contributed by atoms with E-state index in [4.69, 9.17) is 14.6 Å². The number of nitrogens with one attached hydrogen (secondary N) is 1. The Hall–Kier alpha value is -1.91. The van der Waals surface area contributed by atoms with Gasteiger partial charge in [-0.05, 0) is 25.0 Å². The zero-order valence-corrected chi connectivity index (χ0v) is 11.4. The molecule has 5 heteroatoms.